The van der Waals surface area contributed by atoms with Gasteiger partial charge in [0.1, 0.15) is 11.6 Å². The van der Waals surface area contributed by atoms with Crippen LogP contribution in [-0.4, -0.2) is 30.0 Å². The average molecular weight is 395 g/mol. The lowest BCUT2D eigenvalue weighted by atomic mass is 9.78. The quantitative estimate of drug-likeness (QED) is 0.638. The Morgan fingerprint density at radius 2 is 1.69 bits per heavy atom. The maximum atomic E-state index is 13.7. The highest BCUT2D eigenvalue weighted by Gasteiger charge is 2.51. The zero-order chi connectivity index (χ0) is 21.0. The predicted molar refractivity (Wildman–Crippen MR) is 112 cm³/mol. The first-order valence-corrected chi connectivity index (χ1v) is 9.48. The molecule has 0 aliphatic carbocycles. The summed E-state index contributed by atoms with van der Waals surface area (Å²) in [6, 6.07) is 11.3. The molecule has 0 amide bonds. The second kappa shape index (κ2) is 6.71. The highest BCUT2D eigenvalue weighted by atomic mass is 19.1. The van der Waals surface area contributed by atoms with Crippen molar-refractivity contribution in [2.45, 2.75) is 38.9 Å². The number of halogens is 1. The standard InChI is InChI=1S/C22H23BFNO4/c1-21(2)22(3,4)29-23(28-21)14-9-10-17-18(11-14)20(26)25(13-19(17)27-5)16-8-6-7-15(24)12-16/h6-13H,1-5H3. The number of ether oxygens (including phenoxy) is 1. The summed E-state index contributed by atoms with van der Waals surface area (Å²) in [6.07, 6.45) is 1.58. The molecule has 150 valence electrons. The van der Waals surface area contributed by atoms with Crippen LogP contribution >= 0.6 is 0 Å². The van der Waals surface area contributed by atoms with Crippen molar-refractivity contribution in [3.05, 3.63) is 64.8 Å². The minimum absolute atomic E-state index is 0.273. The molecule has 2 aromatic carbocycles. The Kier molecular flexibility index (Phi) is 4.55. The van der Waals surface area contributed by atoms with Crippen molar-refractivity contribution in [2.24, 2.45) is 0 Å². The van der Waals surface area contributed by atoms with Crippen LogP contribution in [-0.2, 0) is 9.31 Å². The van der Waals surface area contributed by atoms with Crippen LogP contribution in [0.2, 0.25) is 0 Å². The van der Waals surface area contributed by atoms with Crippen LogP contribution in [0.15, 0.2) is 53.5 Å². The number of nitrogens with zero attached hydrogens (tertiary/aromatic N) is 1. The molecule has 5 nitrogen and oxygen atoms in total. The summed E-state index contributed by atoms with van der Waals surface area (Å²) in [5.74, 6) is 0.101. The fraction of sp³-hybridized carbons (Fsp3) is 0.318. The maximum absolute atomic E-state index is 13.7. The topological polar surface area (TPSA) is 49.7 Å². The third kappa shape index (κ3) is 3.24. The summed E-state index contributed by atoms with van der Waals surface area (Å²) >= 11 is 0. The molecule has 1 aliphatic heterocycles. The van der Waals surface area contributed by atoms with Crippen molar-refractivity contribution >= 4 is 23.4 Å². The number of fused-ring (bicyclic) bond motifs is 1. The molecule has 7 heteroatoms. The van der Waals surface area contributed by atoms with E-state index < -0.39 is 24.1 Å². The van der Waals surface area contributed by atoms with Crippen molar-refractivity contribution in [1.29, 1.82) is 0 Å². The van der Waals surface area contributed by atoms with Crippen LogP contribution in [0.4, 0.5) is 4.39 Å². The summed E-state index contributed by atoms with van der Waals surface area (Å²) in [5, 5.41) is 1.12. The molecule has 2 heterocycles. The summed E-state index contributed by atoms with van der Waals surface area (Å²) < 4.78 is 32.8. The fourth-order valence-electron chi connectivity index (χ4n) is 3.44. The number of pyridine rings is 1. The molecule has 1 aliphatic rings. The van der Waals surface area contributed by atoms with Crippen LogP contribution in [0.1, 0.15) is 27.7 Å². The summed E-state index contributed by atoms with van der Waals surface area (Å²) in [6.45, 7) is 7.92. The molecule has 0 N–H and O–H groups in total. The summed E-state index contributed by atoms with van der Waals surface area (Å²) in [7, 11) is 0.953. The van der Waals surface area contributed by atoms with E-state index in [9.17, 15) is 9.18 Å². The summed E-state index contributed by atoms with van der Waals surface area (Å²) in [4.78, 5) is 13.2. The number of methoxy groups -OCH3 is 1. The van der Waals surface area contributed by atoms with Gasteiger partial charge in [-0.15, -0.1) is 0 Å². The van der Waals surface area contributed by atoms with Gasteiger partial charge in [-0.1, -0.05) is 18.2 Å². The first-order valence-electron chi connectivity index (χ1n) is 9.48. The zero-order valence-corrected chi connectivity index (χ0v) is 17.2. The number of aromatic nitrogens is 1. The monoisotopic (exact) mass is 395 g/mol. The third-order valence-corrected chi connectivity index (χ3v) is 5.84. The second-order valence-electron chi connectivity index (χ2n) is 8.25. The highest BCUT2D eigenvalue weighted by Crippen LogP contribution is 2.36. The van der Waals surface area contributed by atoms with E-state index in [0.717, 1.165) is 5.46 Å². The van der Waals surface area contributed by atoms with Crippen LogP contribution in [0.5, 0.6) is 5.75 Å². The molecule has 0 saturated carbocycles. The highest BCUT2D eigenvalue weighted by molar-refractivity contribution is 6.62. The number of benzene rings is 2. The molecule has 1 saturated heterocycles. The maximum Gasteiger partial charge on any atom is 0.494 e. The lowest BCUT2D eigenvalue weighted by Gasteiger charge is -2.32. The van der Waals surface area contributed by atoms with Gasteiger partial charge >= 0.3 is 7.12 Å². The normalized spacial score (nSPS) is 17.7. The van der Waals surface area contributed by atoms with E-state index in [1.54, 1.807) is 24.4 Å². The predicted octanol–water partition coefficient (Wildman–Crippen LogP) is 3.44. The van der Waals surface area contributed by atoms with Crippen LogP contribution < -0.4 is 15.8 Å². The molecule has 0 bridgehead atoms. The van der Waals surface area contributed by atoms with Gasteiger partial charge in [-0.05, 0) is 57.4 Å². The molecule has 0 spiro atoms. The molecular formula is C22H23BFNO4. The zero-order valence-electron chi connectivity index (χ0n) is 17.2. The lowest BCUT2D eigenvalue weighted by molar-refractivity contribution is 0.00578. The van der Waals surface area contributed by atoms with Gasteiger partial charge < -0.3 is 14.0 Å². The van der Waals surface area contributed by atoms with E-state index in [4.69, 9.17) is 14.0 Å². The van der Waals surface area contributed by atoms with Crippen molar-refractivity contribution < 1.29 is 18.4 Å². The van der Waals surface area contributed by atoms with Gasteiger partial charge in [0, 0.05) is 5.39 Å². The minimum Gasteiger partial charge on any atom is -0.495 e. The van der Waals surface area contributed by atoms with E-state index in [1.165, 1.54) is 23.8 Å². The van der Waals surface area contributed by atoms with Crippen LogP contribution in [0.25, 0.3) is 16.5 Å². The van der Waals surface area contributed by atoms with E-state index in [1.807, 2.05) is 39.8 Å². The van der Waals surface area contributed by atoms with E-state index >= 15 is 0 Å². The molecule has 4 rings (SSSR count). The molecule has 1 fully saturated rings. The van der Waals surface area contributed by atoms with Crippen molar-refractivity contribution in [3.63, 3.8) is 0 Å². The van der Waals surface area contributed by atoms with Crippen molar-refractivity contribution in [2.75, 3.05) is 7.11 Å². The van der Waals surface area contributed by atoms with Crippen molar-refractivity contribution in [3.8, 4) is 11.4 Å². The molecule has 0 atom stereocenters. The second-order valence-corrected chi connectivity index (χ2v) is 8.25. The van der Waals surface area contributed by atoms with Gasteiger partial charge in [-0.3, -0.25) is 9.36 Å². The van der Waals surface area contributed by atoms with Gasteiger partial charge in [0.15, 0.2) is 0 Å². The molecular weight excluding hydrogens is 372 g/mol. The van der Waals surface area contributed by atoms with Gasteiger partial charge in [-0.25, -0.2) is 4.39 Å². The first-order chi connectivity index (χ1) is 13.6. The van der Waals surface area contributed by atoms with Gasteiger partial charge in [0.05, 0.1) is 35.6 Å². The molecule has 3 aromatic rings. The van der Waals surface area contributed by atoms with Crippen LogP contribution in [0.3, 0.4) is 0 Å². The van der Waals surface area contributed by atoms with Gasteiger partial charge in [0.2, 0.25) is 0 Å². The lowest BCUT2D eigenvalue weighted by Crippen LogP contribution is -2.41. The Morgan fingerprint density at radius 1 is 1.00 bits per heavy atom. The molecule has 0 radical (unpaired) electrons. The van der Waals surface area contributed by atoms with E-state index in [-0.39, 0.29) is 5.56 Å². The van der Waals surface area contributed by atoms with Gasteiger partial charge in [0.25, 0.3) is 5.56 Å². The Bertz CT molecular complexity index is 1140. The molecule has 0 unspecified atom stereocenters. The van der Waals surface area contributed by atoms with Crippen molar-refractivity contribution in [1.82, 2.24) is 4.57 Å². The Balaban J connectivity index is 1.88. The third-order valence-electron chi connectivity index (χ3n) is 5.84. The SMILES string of the molecule is COc1cn(-c2cccc(F)c2)c(=O)c2cc(B3OC(C)(C)C(C)(C)O3)ccc12. The largest absolute Gasteiger partial charge is 0.495 e. The Morgan fingerprint density at radius 3 is 2.31 bits per heavy atom. The number of hydrogen-bond donors (Lipinski definition) is 0. The number of rotatable bonds is 3. The molecule has 1 aromatic heterocycles. The average Bonchev–Trinajstić information content (AvgIpc) is 2.89. The fourth-order valence-corrected chi connectivity index (χ4v) is 3.44. The first kappa shape index (κ1) is 19.7. The summed E-state index contributed by atoms with van der Waals surface area (Å²) in [5.41, 5.74) is -0.0701. The molecule has 29 heavy (non-hydrogen) atoms. The van der Waals surface area contributed by atoms with Crippen LogP contribution in [0, 0.1) is 5.82 Å². The minimum atomic E-state index is -0.586. The van der Waals surface area contributed by atoms with Gasteiger partial charge in [-0.2, -0.15) is 0 Å². The Labute approximate surface area is 169 Å². The van der Waals surface area contributed by atoms with E-state index in [2.05, 4.69) is 0 Å². The Hall–Kier alpha value is -2.64. The smallest absolute Gasteiger partial charge is 0.494 e. The number of hydrogen-bond acceptors (Lipinski definition) is 4. The van der Waals surface area contributed by atoms with E-state index in [0.29, 0.717) is 22.2 Å².